The quantitative estimate of drug-likeness (QED) is 0.581. The van der Waals surface area contributed by atoms with Gasteiger partial charge in [-0.05, 0) is 65.7 Å². The lowest BCUT2D eigenvalue weighted by atomic mass is 10.1. The predicted molar refractivity (Wildman–Crippen MR) is 97.5 cm³/mol. The van der Waals surface area contributed by atoms with Crippen LogP contribution < -0.4 is 0 Å². The van der Waals surface area contributed by atoms with Crippen LogP contribution >= 0.6 is 0 Å². The van der Waals surface area contributed by atoms with E-state index >= 15 is 0 Å². The number of rotatable bonds is 6. The van der Waals surface area contributed by atoms with Crippen LogP contribution in [0.5, 0.6) is 0 Å². The lowest BCUT2D eigenvalue weighted by molar-refractivity contribution is 0.0471. The maximum absolute atomic E-state index is 12.9. The van der Waals surface area contributed by atoms with E-state index in [2.05, 4.69) is 0 Å². The second-order valence-electron chi connectivity index (χ2n) is 5.99. The van der Waals surface area contributed by atoms with Crippen LogP contribution in [0.15, 0.2) is 72.8 Å². The maximum atomic E-state index is 12.9. The fourth-order valence-electron chi connectivity index (χ4n) is 2.45. The first-order chi connectivity index (χ1) is 13.5. The van der Waals surface area contributed by atoms with E-state index in [1.807, 2.05) is 0 Å². The van der Waals surface area contributed by atoms with Crippen LogP contribution in [0.1, 0.15) is 31.8 Å². The van der Waals surface area contributed by atoms with Gasteiger partial charge in [-0.15, -0.1) is 0 Å². The number of hydrogen-bond donors (Lipinski definition) is 0. The van der Waals surface area contributed by atoms with Gasteiger partial charge in [0.15, 0.2) is 0 Å². The highest BCUT2D eigenvalue weighted by molar-refractivity contribution is 5.89. The summed E-state index contributed by atoms with van der Waals surface area (Å²) in [6.45, 7) is 0.0475. The smallest absolute Gasteiger partial charge is 0.338 e. The van der Waals surface area contributed by atoms with Crippen molar-refractivity contribution in [3.05, 3.63) is 107 Å². The van der Waals surface area contributed by atoms with Gasteiger partial charge in [0.05, 0.1) is 11.1 Å². The van der Waals surface area contributed by atoms with Crippen molar-refractivity contribution in [2.45, 2.75) is 13.2 Å². The van der Waals surface area contributed by atoms with Gasteiger partial charge in [-0.2, -0.15) is 0 Å². The van der Waals surface area contributed by atoms with Crippen molar-refractivity contribution in [2.24, 2.45) is 0 Å². The van der Waals surface area contributed by atoms with E-state index in [-0.39, 0.29) is 24.3 Å². The summed E-state index contributed by atoms with van der Waals surface area (Å²) in [4.78, 5) is 23.9. The summed E-state index contributed by atoms with van der Waals surface area (Å²) in [6, 6.07) is 17.2. The Bertz CT molecular complexity index is 890. The molecule has 0 radical (unpaired) electrons. The third-order valence-corrected chi connectivity index (χ3v) is 3.89. The van der Waals surface area contributed by atoms with Gasteiger partial charge in [0.1, 0.15) is 24.8 Å². The van der Waals surface area contributed by atoms with Gasteiger partial charge in [0.25, 0.3) is 0 Å². The fraction of sp³-hybridized carbons (Fsp3) is 0.0909. The molecule has 3 rings (SSSR count). The largest absolute Gasteiger partial charge is 0.457 e. The van der Waals surface area contributed by atoms with Crippen LogP contribution in [-0.4, -0.2) is 11.9 Å². The molecule has 0 aliphatic rings. The number of carbonyl (C=O) groups is 2. The number of ether oxygens (including phenoxy) is 2. The summed E-state index contributed by atoms with van der Waals surface area (Å²) in [5, 5.41) is 0. The van der Waals surface area contributed by atoms with Crippen LogP contribution in [0.4, 0.5) is 8.78 Å². The average Bonchev–Trinajstić information content (AvgIpc) is 2.71. The van der Waals surface area contributed by atoms with Crippen molar-refractivity contribution in [1.82, 2.24) is 0 Å². The second-order valence-corrected chi connectivity index (χ2v) is 5.99. The van der Waals surface area contributed by atoms with Crippen molar-refractivity contribution in [1.29, 1.82) is 0 Å². The van der Waals surface area contributed by atoms with Crippen LogP contribution in [-0.2, 0) is 22.7 Å². The van der Waals surface area contributed by atoms with Crippen molar-refractivity contribution in [2.75, 3.05) is 0 Å². The molecule has 0 atom stereocenters. The normalized spacial score (nSPS) is 10.4. The molecule has 0 spiro atoms. The number of halogens is 2. The molecule has 3 aromatic rings. The lowest BCUT2D eigenvalue weighted by Crippen LogP contribution is -2.07. The lowest BCUT2D eigenvalue weighted by Gasteiger charge is -2.08. The number of carbonyl (C=O) groups excluding carboxylic acids is 2. The van der Waals surface area contributed by atoms with Crippen molar-refractivity contribution in [3.8, 4) is 0 Å². The Morgan fingerprint density at radius 3 is 1.43 bits per heavy atom. The maximum Gasteiger partial charge on any atom is 0.338 e. The van der Waals surface area contributed by atoms with Crippen molar-refractivity contribution >= 4 is 11.9 Å². The van der Waals surface area contributed by atoms with E-state index in [1.54, 1.807) is 24.3 Å². The van der Waals surface area contributed by atoms with Crippen LogP contribution in [0.25, 0.3) is 0 Å². The molecule has 0 N–H and O–H groups in total. The molecule has 3 aromatic carbocycles. The van der Waals surface area contributed by atoms with Crippen LogP contribution in [0, 0.1) is 11.6 Å². The molecule has 0 aliphatic heterocycles. The van der Waals surface area contributed by atoms with Crippen LogP contribution in [0.2, 0.25) is 0 Å². The summed E-state index contributed by atoms with van der Waals surface area (Å²) in [6.07, 6.45) is 0. The number of esters is 2. The third kappa shape index (κ3) is 5.23. The molecule has 0 unspecified atom stereocenters. The van der Waals surface area contributed by atoms with E-state index in [9.17, 15) is 18.4 Å². The zero-order valence-electron chi connectivity index (χ0n) is 14.7. The highest BCUT2D eigenvalue weighted by Gasteiger charge is 2.09. The molecule has 0 saturated carbocycles. The molecule has 0 bridgehead atoms. The zero-order chi connectivity index (χ0) is 19.9. The van der Waals surface area contributed by atoms with Gasteiger partial charge in [0.2, 0.25) is 0 Å². The minimum Gasteiger partial charge on any atom is -0.457 e. The van der Waals surface area contributed by atoms with E-state index in [4.69, 9.17) is 9.47 Å². The van der Waals surface area contributed by atoms with E-state index in [1.165, 1.54) is 48.5 Å². The minimum atomic E-state index is -0.562. The zero-order valence-corrected chi connectivity index (χ0v) is 14.7. The molecule has 6 heteroatoms. The molecular weight excluding hydrogens is 366 g/mol. The highest BCUT2D eigenvalue weighted by atomic mass is 19.1. The molecule has 0 amide bonds. The van der Waals surface area contributed by atoms with Crippen LogP contribution in [0.3, 0.4) is 0 Å². The summed E-state index contributed by atoms with van der Waals surface area (Å²) >= 11 is 0. The van der Waals surface area contributed by atoms with Crippen molar-refractivity contribution < 1.29 is 27.8 Å². The summed E-state index contributed by atoms with van der Waals surface area (Å²) in [5.41, 5.74) is 1.94. The number of benzene rings is 3. The third-order valence-electron chi connectivity index (χ3n) is 3.89. The topological polar surface area (TPSA) is 52.6 Å². The van der Waals surface area contributed by atoms with Gasteiger partial charge in [-0.1, -0.05) is 18.2 Å². The summed E-state index contributed by atoms with van der Waals surface area (Å²) < 4.78 is 36.2. The molecule has 0 aliphatic carbocycles. The van der Waals surface area contributed by atoms with E-state index in [0.717, 1.165) is 0 Å². The monoisotopic (exact) mass is 382 g/mol. The van der Waals surface area contributed by atoms with Gasteiger partial charge in [0, 0.05) is 0 Å². The van der Waals surface area contributed by atoms with Gasteiger partial charge >= 0.3 is 11.9 Å². The summed E-state index contributed by atoms with van der Waals surface area (Å²) in [5.74, 6) is -1.99. The Morgan fingerprint density at radius 1 is 0.643 bits per heavy atom. The summed E-state index contributed by atoms with van der Waals surface area (Å²) in [7, 11) is 0. The molecule has 0 saturated heterocycles. The molecule has 142 valence electrons. The van der Waals surface area contributed by atoms with Gasteiger partial charge in [-0.3, -0.25) is 0 Å². The molecule has 4 nitrogen and oxygen atoms in total. The highest BCUT2D eigenvalue weighted by Crippen LogP contribution is 2.12. The van der Waals surface area contributed by atoms with Gasteiger partial charge in [-0.25, -0.2) is 18.4 Å². The number of hydrogen-bond acceptors (Lipinski definition) is 4. The Hall–Kier alpha value is -3.54. The first kappa shape index (κ1) is 19.2. The van der Waals surface area contributed by atoms with Crippen molar-refractivity contribution in [3.63, 3.8) is 0 Å². The molecule has 0 fully saturated rings. The SMILES string of the molecule is O=C(OCc1cccc(COC(=O)c2ccc(F)cc2)c1)c1ccc(F)cc1. The Balaban J connectivity index is 1.54. The fourth-order valence-corrected chi connectivity index (χ4v) is 2.45. The first-order valence-electron chi connectivity index (χ1n) is 8.44. The van der Waals surface area contributed by atoms with E-state index in [0.29, 0.717) is 11.1 Å². The molecule has 0 heterocycles. The minimum absolute atomic E-state index is 0.0238. The molecular formula is C22H16F2O4. The molecule has 0 aromatic heterocycles. The second kappa shape index (κ2) is 8.90. The van der Waals surface area contributed by atoms with Gasteiger partial charge < -0.3 is 9.47 Å². The standard InChI is InChI=1S/C22H16F2O4/c23-19-8-4-17(5-9-19)21(25)27-13-15-2-1-3-16(12-15)14-28-22(26)18-6-10-20(24)11-7-18/h1-12H,13-14H2. The Morgan fingerprint density at radius 2 is 1.04 bits per heavy atom. The average molecular weight is 382 g/mol. The first-order valence-corrected chi connectivity index (χ1v) is 8.44. The Labute approximate surface area is 160 Å². The van der Waals surface area contributed by atoms with E-state index < -0.39 is 23.6 Å². The Kier molecular flexibility index (Phi) is 6.11. The predicted octanol–water partition coefficient (Wildman–Crippen LogP) is 4.68. The molecule has 28 heavy (non-hydrogen) atoms.